The van der Waals surface area contributed by atoms with E-state index in [9.17, 15) is 9.59 Å². The average molecular weight is 279 g/mol. The van der Waals surface area contributed by atoms with Crippen LogP contribution in [0.2, 0.25) is 0 Å². The lowest BCUT2D eigenvalue weighted by Crippen LogP contribution is -2.42. The van der Waals surface area contributed by atoms with Crippen LogP contribution in [0.4, 0.5) is 5.82 Å². The predicted octanol–water partition coefficient (Wildman–Crippen LogP) is 0.540. The number of anilines is 1. The summed E-state index contributed by atoms with van der Waals surface area (Å²) in [6.07, 6.45) is 0.978. The zero-order valence-electron chi connectivity index (χ0n) is 12.1. The molecule has 0 aliphatic heterocycles. The molecule has 0 aliphatic rings. The largest absolute Gasteiger partial charge is 0.369 e. The molecule has 0 saturated carbocycles. The summed E-state index contributed by atoms with van der Waals surface area (Å²) in [6, 6.07) is 3.27. The van der Waals surface area contributed by atoms with Crippen LogP contribution in [-0.2, 0) is 4.79 Å². The van der Waals surface area contributed by atoms with Gasteiger partial charge in [0, 0.05) is 13.1 Å². The molecule has 0 spiro atoms. The first kappa shape index (κ1) is 15.9. The van der Waals surface area contributed by atoms with Gasteiger partial charge in [0.2, 0.25) is 5.91 Å². The SMILES string of the molecule is CCCNc1ccc(C(=O)NCC(C)(C)C(N)=O)nn1. The van der Waals surface area contributed by atoms with E-state index in [0.717, 1.165) is 13.0 Å². The van der Waals surface area contributed by atoms with Gasteiger partial charge in [0.15, 0.2) is 5.69 Å². The first-order valence-electron chi connectivity index (χ1n) is 6.52. The van der Waals surface area contributed by atoms with E-state index in [4.69, 9.17) is 5.73 Å². The van der Waals surface area contributed by atoms with Gasteiger partial charge in [-0.25, -0.2) is 0 Å². The molecule has 0 bridgehead atoms. The van der Waals surface area contributed by atoms with Gasteiger partial charge in [0.05, 0.1) is 5.41 Å². The Hall–Kier alpha value is -2.18. The number of nitrogens with one attached hydrogen (secondary N) is 2. The molecular weight excluding hydrogens is 258 g/mol. The lowest BCUT2D eigenvalue weighted by atomic mass is 9.93. The van der Waals surface area contributed by atoms with Crippen LogP contribution in [0.3, 0.4) is 0 Å². The fourth-order valence-electron chi connectivity index (χ4n) is 1.28. The maximum atomic E-state index is 11.9. The predicted molar refractivity (Wildman–Crippen MR) is 76.1 cm³/mol. The quantitative estimate of drug-likeness (QED) is 0.674. The monoisotopic (exact) mass is 279 g/mol. The molecular formula is C13H21N5O2. The van der Waals surface area contributed by atoms with Crippen LogP contribution in [0.1, 0.15) is 37.7 Å². The van der Waals surface area contributed by atoms with E-state index < -0.39 is 11.3 Å². The number of carbonyl (C=O) groups is 2. The van der Waals surface area contributed by atoms with Crippen LogP contribution >= 0.6 is 0 Å². The first-order valence-corrected chi connectivity index (χ1v) is 6.52. The second kappa shape index (κ2) is 6.83. The molecule has 1 heterocycles. The van der Waals surface area contributed by atoms with Gasteiger partial charge in [-0.05, 0) is 32.4 Å². The Kier molecular flexibility index (Phi) is 5.42. The standard InChI is InChI=1S/C13H21N5O2/c1-4-7-15-10-6-5-9(17-18-10)11(19)16-8-13(2,3)12(14)20/h5-6H,4,7-8H2,1-3H3,(H2,14,20)(H,15,18)(H,16,19). The first-order chi connectivity index (χ1) is 9.36. The fraction of sp³-hybridized carbons (Fsp3) is 0.538. The molecule has 7 heteroatoms. The molecule has 0 radical (unpaired) electrons. The molecule has 20 heavy (non-hydrogen) atoms. The lowest BCUT2D eigenvalue weighted by Gasteiger charge is -2.20. The van der Waals surface area contributed by atoms with Gasteiger partial charge in [-0.15, -0.1) is 10.2 Å². The molecule has 0 fully saturated rings. The molecule has 1 rings (SSSR count). The van der Waals surface area contributed by atoms with Gasteiger partial charge in [0.25, 0.3) is 5.91 Å². The van der Waals surface area contributed by atoms with Crippen molar-refractivity contribution in [1.82, 2.24) is 15.5 Å². The highest BCUT2D eigenvalue weighted by Crippen LogP contribution is 2.12. The second-order valence-electron chi connectivity index (χ2n) is 5.16. The zero-order chi connectivity index (χ0) is 15.2. The second-order valence-corrected chi connectivity index (χ2v) is 5.16. The molecule has 1 aromatic rings. The highest BCUT2D eigenvalue weighted by Gasteiger charge is 2.25. The highest BCUT2D eigenvalue weighted by molar-refractivity contribution is 5.92. The van der Waals surface area contributed by atoms with Crippen LogP contribution in [0, 0.1) is 5.41 Å². The van der Waals surface area contributed by atoms with Crippen molar-refractivity contribution in [1.29, 1.82) is 0 Å². The lowest BCUT2D eigenvalue weighted by molar-refractivity contribution is -0.125. The van der Waals surface area contributed by atoms with E-state index in [2.05, 4.69) is 20.8 Å². The smallest absolute Gasteiger partial charge is 0.271 e. The van der Waals surface area contributed by atoms with Crippen molar-refractivity contribution < 1.29 is 9.59 Å². The summed E-state index contributed by atoms with van der Waals surface area (Å²) in [7, 11) is 0. The maximum Gasteiger partial charge on any atom is 0.271 e. The third kappa shape index (κ3) is 4.49. The summed E-state index contributed by atoms with van der Waals surface area (Å²) < 4.78 is 0. The minimum absolute atomic E-state index is 0.151. The van der Waals surface area contributed by atoms with Crippen LogP contribution in [-0.4, -0.2) is 35.1 Å². The normalized spacial score (nSPS) is 10.9. The van der Waals surface area contributed by atoms with Gasteiger partial charge in [-0.2, -0.15) is 0 Å². The Morgan fingerprint density at radius 3 is 2.50 bits per heavy atom. The van der Waals surface area contributed by atoms with Crippen molar-refractivity contribution in [3.05, 3.63) is 17.8 Å². The number of primary amides is 1. The van der Waals surface area contributed by atoms with E-state index in [0.29, 0.717) is 5.82 Å². The molecule has 4 N–H and O–H groups in total. The molecule has 0 saturated heterocycles. The topological polar surface area (TPSA) is 110 Å². The molecule has 1 aromatic heterocycles. The Labute approximate surface area is 118 Å². The van der Waals surface area contributed by atoms with Crippen molar-refractivity contribution in [2.45, 2.75) is 27.2 Å². The Morgan fingerprint density at radius 2 is 2.00 bits per heavy atom. The van der Waals surface area contributed by atoms with Gasteiger partial charge in [-0.1, -0.05) is 6.92 Å². The number of hydrogen-bond donors (Lipinski definition) is 3. The summed E-state index contributed by atoms with van der Waals surface area (Å²) in [4.78, 5) is 23.0. The Morgan fingerprint density at radius 1 is 1.30 bits per heavy atom. The minimum atomic E-state index is -0.800. The maximum absolute atomic E-state index is 11.9. The van der Waals surface area contributed by atoms with E-state index >= 15 is 0 Å². The molecule has 2 amide bonds. The number of nitrogens with zero attached hydrogens (tertiary/aromatic N) is 2. The number of hydrogen-bond acceptors (Lipinski definition) is 5. The Bertz CT molecular complexity index is 470. The van der Waals surface area contributed by atoms with Crippen LogP contribution in [0.15, 0.2) is 12.1 Å². The fourth-order valence-corrected chi connectivity index (χ4v) is 1.28. The third-order valence-corrected chi connectivity index (χ3v) is 2.81. The summed E-state index contributed by atoms with van der Waals surface area (Å²) in [5.41, 5.74) is 4.64. The van der Waals surface area contributed by atoms with Crippen LogP contribution in [0.5, 0.6) is 0 Å². The van der Waals surface area contributed by atoms with Crippen molar-refractivity contribution in [3.8, 4) is 0 Å². The van der Waals surface area contributed by atoms with Gasteiger partial charge < -0.3 is 16.4 Å². The number of nitrogens with two attached hydrogens (primary N) is 1. The van der Waals surface area contributed by atoms with Crippen LogP contribution in [0.25, 0.3) is 0 Å². The average Bonchev–Trinajstić information content (AvgIpc) is 2.43. The summed E-state index contributed by atoms with van der Waals surface area (Å²) in [5.74, 6) is -0.224. The van der Waals surface area contributed by atoms with Gasteiger partial charge >= 0.3 is 0 Å². The van der Waals surface area contributed by atoms with Crippen LogP contribution < -0.4 is 16.4 Å². The van der Waals surface area contributed by atoms with Crippen molar-refractivity contribution in [2.24, 2.45) is 11.1 Å². The molecule has 110 valence electrons. The van der Waals surface area contributed by atoms with Crippen molar-refractivity contribution >= 4 is 17.6 Å². The van der Waals surface area contributed by atoms with E-state index in [1.807, 2.05) is 6.92 Å². The highest BCUT2D eigenvalue weighted by atomic mass is 16.2. The molecule has 0 atom stereocenters. The summed E-state index contributed by atoms with van der Waals surface area (Å²) >= 11 is 0. The molecule has 0 aliphatic carbocycles. The molecule has 0 unspecified atom stereocenters. The number of amides is 2. The minimum Gasteiger partial charge on any atom is -0.369 e. The summed E-state index contributed by atoms with van der Waals surface area (Å²) in [6.45, 7) is 6.33. The van der Waals surface area contributed by atoms with E-state index in [1.165, 1.54) is 0 Å². The van der Waals surface area contributed by atoms with E-state index in [1.54, 1.807) is 26.0 Å². The summed E-state index contributed by atoms with van der Waals surface area (Å²) in [5, 5.41) is 13.4. The third-order valence-electron chi connectivity index (χ3n) is 2.81. The van der Waals surface area contributed by atoms with Gasteiger partial charge in [0.1, 0.15) is 5.82 Å². The van der Waals surface area contributed by atoms with E-state index in [-0.39, 0.29) is 18.1 Å². The van der Waals surface area contributed by atoms with Crippen molar-refractivity contribution in [3.63, 3.8) is 0 Å². The van der Waals surface area contributed by atoms with Gasteiger partial charge in [-0.3, -0.25) is 9.59 Å². The van der Waals surface area contributed by atoms with Crippen molar-refractivity contribution in [2.75, 3.05) is 18.4 Å². The Balaban J connectivity index is 2.58. The number of rotatable bonds is 7. The number of aromatic nitrogens is 2. The zero-order valence-corrected chi connectivity index (χ0v) is 12.1. The number of carbonyl (C=O) groups excluding carboxylic acids is 2. The molecule has 7 nitrogen and oxygen atoms in total. The molecule has 0 aromatic carbocycles.